The highest BCUT2D eigenvalue weighted by Gasteiger charge is 2.32. The van der Waals surface area contributed by atoms with Gasteiger partial charge in [0, 0.05) is 49.1 Å². The molecule has 1 heterocycles. The molecule has 178 valence electrons. The number of carbonyl (C=O) groups is 4. The molecule has 0 saturated carbocycles. The van der Waals surface area contributed by atoms with Crippen LogP contribution in [0.3, 0.4) is 0 Å². The fourth-order valence-electron chi connectivity index (χ4n) is 3.34. The highest BCUT2D eigenvalue weighted by atomic mass is 32.2. The van der Waals surface area contributed by atoms with E-state index >= 15 is 0 Å². The SMILES string of the molecule is CCN(CC)C1=NC(=O)[C@@H](CC(=O)Nc2cccc(C(=O)Nc3cccc(C(=O)NC)c3)c2)S1. The predicted octanol–water partition coefficient (Wildman–Crippen LogP) is 2.97. The Labute approximate surface area is 202 Å². The first-order valence-corrected chi connectivity index (χ1v) is 11.8. The van der Waals surface area contributed by atoms with Gasteiger partial charge in [-0.1, -0.05) is 23.9 Å². The average Bonchev–Trinajstić information content (AvgIpc) is 3.19. The standard InChI is InChI=1S/C24H27N5O4S/c1-4-29(5-2)24-28-23(33)19(34-24)14-20(30)26-17-10-7-9-16(13-17)22(32)27-18-11-6-8-15(12-18)21(31)25-3/h6-13,19H,4-5,14H2,1-3H3,(H,25,31)(H,26,30)(H,27,32)/t19-/m1/s1. The van der Waals surface area contributed by atoms with E-state index in [-0.39, 0.29) is 30.0 Å². The Morgan fingerprint density at radius 3 is 2.12 bits per heavy atom. The largest absolute Gasteiger partial charge is 0.355 e. The van der Waals surface area contributed by atoms with Gasteiger partial charge in [0.25, 0.3) is 17.7 Å². The molecule has 1 aliphatic rings. The molecule has 0 fully saturated rings. The van der Waals surface area contributed by atoms with Crippen molar-refractivity contribution in [3.05, 3.63) is 59.7 Å². The zero-order valence-corrected chi connectivity index (χ0v) is 20.1. The Morgan fingerprint density at radius 2 is 1.53 bits per heavy atom. The molecule has 9 nitrogen and oxygen atoms in total. The van der Waals surface area contributed by atoms with E-state index in [0.717, 1.165) is 13.1 Å². The van der Waals surface area contributed by atoms with E-state index in [1.807, 2.05) is 18.7 Å². The first-order chi connectivity index (χ1) is 16.3. The Balaban J connectivity index is 1.60. The summed E-state index contributed by atoms with van der Waals surface area (Å²) in [5.74, 6) is -1.29. The lowest BCUT2D eigenvalue weighted by Gasteiger charge is -2.19. The van der Waals surface area contributed by atoms with Crippen LogP contribution in [0.4, 0.5) is 11.4 Å². The molecule has 2 aromatic rings. The van der Waals surface area contributed by atoms with Gasteiger partial charge in [0.15, 0.2) is 5.17 Å². The van der Waals surface area contributed by atoms with E-state index < -0.39 is 5.25 Å². The van der Waals surface area contributed by atoms with Crippen molar-refractivity contribution in [1.29, 1.82) is 0 Å². The summed E-state index contributed by atoms with van der Waals surface area (Å²) in [7, 11) is 1.53. The van der Waals surface area contributed by atoms with Crippen LogP contribution in [0.2, 0.25) is 0 Å². The van der Waals surface area contributed by atoms with Crippen LogP contribution in [-0.4, -0.2) is 59.1 Å². The van der Waals surface area contributed by atoms with Crippen molar-refractivity contribution in [2.24, 2.45) is 4.99 Å². The monoisotopic (exact) mass is 481 g/mol. The van der Waals surface area contributed by atoms with Crippen molar-refractivity contribution in [3.8, 4) is 0 Å². The lowest BCUT2D eigenvalue weighted by atomic mass is 10.1. The van der Waals surface area contributed by atoms with E-state index in [9.17, 15) is 19.2 Å². The number of aliphatic imine (C=N–C) groups is 1. The van der Waals surface area contributed by atoms with Crippen molar-refractivity contribution in [2.75, 3.05) is 30.8 Å². The fourth-order valence-corrected chi connectivity index (χ4v) is 4.54. The normalized spacial score (nSPS) is 14.9. The Kier molecular flexibility index (Phi) is 8.42. The molecule has 1 atom stereocenters. The third kappa shape index (κ3) is 6.22. The minimum absolute atomic E-state index is 0.0134. The third-order valence-electron chi connectivity index (χ3n) is 5.15. The molecule has 3 rings (SSSR count). The van der Waals surface area contributed by atoms with Gasteiger partial charge in [-0.05, 0) is 50.2 Å². The fraction of sp³-hybridized carbons (Fsp3) is 0.292. The first kappa shape index (κ1) is 25.0. The molecular weight excluding hydrogens is 454 g/mol. The molecule has 3 N–H and O–H groups in total. The number of nitrogens with one attached hydrogen (secondary N) is 3. The lowest BCUT2D eigenvalue weighted by Crippen LogP contribution is -2.27. The summed E-state index contributed by atoms with van der Waals surface area (Å²) in [6, 6.07) is 13.1. The van der Waals surface area contributed by atoms with Crippen molar-refractivity contribution >= 4 is 51.9 Å². The molecular formula is C24H27N5O4S. The van der Waals surface area contributed by atoms with Crippen molar-refractivity contribution in [3.63, 3.8) is 0 Å². The number of nitrogens with zero attached hydrogens (tertiary/aromatic N) is 2. The molecule has 0 bridgehead atoms. The van der Waals surface area contributed by atoms with E-state index in [4.69, 9.17) is 0 Å². The van der Waals surface area contributed by atoms with Gasteiger partial charge in [-0.25, -0.2) is 0 Å². The molecule has 4 amide bonds. The molecule has 0 aromatic heterocycles. The van der Waals surface area contributed by atoms with Crippen LogP contribution >= 0.6 is 11.8 Å². The second kappa shape index (κ2) is 11.5. The predicted molar refractivity (Wildman–Crippen MR) is 134 cm³/mol. The highest BCUT2D eigenvalue weighted by Crippen LogP contribution is 2.27. The van der Waals surface area contributed by atoms with E-state index in [1.54, 1.807) is 48.5 Å². The Hall–Kier alpha value is -3.66. The van der Waals surface area contributed by atoms with Crippen LogP contribution in [0.15, 0.2) is 53.5 Å². The molecule has 0 spiro atoms. The van der Waals surface area contributed by atoms with Crippen molar-refractivity contribution in [2.45, 2.75) is 25.5 Å². The van der Waals surface area contributed by atoms with Crippen LogP contribution in [0.5, 0.6) is 0 Å². The molecule has 0 unspecified atom stereocenters. The quantitative estimate of drug-likeness (QED) is 0.533. The van der Waals surface area contributed by atoms with Gasteiger partial charge in [-0.15, -0.1) is 0 Å². The van der Waals surface area contributed by atoms with Gasteiger partial charge < -0.3 is 20.9 Å². The maximum absolute atomic E-state index is 12.7. The first-order valence-electron chi connectivity index (χ1n) is 10.9. The second-order valence-corrected chi connectivity index (χ2v) is 8.63. The van der Waals surface area contributed by atoms with Gasteiger partial charge in [-0.3, -0.25) is 19.2 Å². The smallest absolute Gasteiger partial charge is 0.262 e. The summed E-state index contributed by atoms with van der Waals surface area (Å²) in [5, 5.41) is 8.12. The topological polar surface area (TPSA) is 120 Å². The van der Waals surface area contributed by atoms with Crippen LogP contribution in [0.1, 0.15) is 41.0 Å². The van der Waals surface area contributed by atoms with E-state index in [1.165, 1.54) is 18.8 Å². The van der Waals surface area contributed by atoms with Gasteiger partial charge in [0.2, 0.25) is 5.91 Å². The van der Waals surface area contributed by atoms with Crippen LogP contribution in [0.25, 0.3) is 0 Å². The maximum Gasteiger partial charge on any atom is 0.262 e. The lowest BCUT2D eigenvalue weighted by molar-refractivity contribution is -0.121. The number of hydrogen-bond acceptors (Lipinski definition) is 6. The summed E-state index contributed by atoms with van der Waals surface area (Å²) in [6.45, 7) is 5.44. The minimum atomic E-state index is -0.560. The minimum Gasteiger partial charge on any atom is -0.355 e. The summed E-state index contributed by atoms with van der Waals surface area (Å²) < 4.78 is 0. The number of anilines is 2. The average molecular weight is 482 g/mol. The van der Waals surface area contributed by atoms with Crippen LogP contribution in [0, 0.1) is 0 Å². The zero-order valence-electron chi connectivity index (χ0n) is 19.3. The maximum atomic E-state index is 12.7. The number of thioether (sulfide) groups is 1. The molecule has 1 aliphatic heterocycles. The number of amidine groups is 1. The van der Waals surface area contributed by atoms with Crippen LogP contribution < -0.4 is 16.0 Å². The number of benzene rings is 2. The number of carbonyl (C=O) groups excluding carboxylic acids is 4. The van der Waals surface area contributed by atoms with Gasteiger partial charge >= 0.3 is 0 Å². The summed E-state index contributed by atoms with van der Waals surface area (Å²) in [5.41, 5.74) is 1.67. The molecule has 0 saturated heterocycles. The molecule has 0 radical (unpaired) electrons. The second-order valence-electron chi connectivity index (χ2n) is 7.46. The summed E-state index contributed by atoms with van der Waals surface area (Å²) in [4.78, 5) is 55.3. The molecule has 0 aliphatic carbocycles. The van der Waals surface area contributed by atoms with Gasteiger partial charge in [0.1, 0.15) is 5.25 Å². The van der Waals surface area contributed by atoms with Gasteiger partial charge in [-0.2, -0.15) is 4.99 Å². The Bertz CT molecular complexity index is 1130. The van der Waals surface area contributed by atoms with E-state index in [2.05, 4.69) is 20.9 Å². The summed E-state index contributed by atoms with van der Waals surface area (Å²) >= 11 is 1.30. The highest BCUT2D eigenvalue weighted by molar-refractivity contribution is 8.15. The van der Waals surface area contributed by atoms with Crippen LogP contribution in [-0.2, 0) is 9.59 Å². The molecule has 2 aromatic carbocycles. The summed E-state index contributed by atoms with van der Waals surface area (Å²) in [6.07, 6.45) is -0.0134. The molecule has 34 heavy (non-hydrogen) atoms. The van der Waals surface area contributed by atoms with Crippen molar-refractivity contribution < 1.29 is 19.2 Å². The van der Waals surface area contributed by atoms with Gasteiger partial charge in [0.05, 0.1) is 0 Å². The van der Waals surface area contributed by atoms with E-state index in [0.29, 0.717) is 27.7 Å². The van der Waals surface area contributed by atoms with Crippen molar-refractivity contribution in [1.82, 2.24) is 10.2 Å². The Morgan fingerprint density at radius 1 is 0.941 bits per heavy atom. The number of hydrogen-bond donors (Lipinski definition) is 3. The zero-order chi connectivity index (χ0) is 24.7. The number of amides is 4. The third-order valence-corrected chi connectivity index (χ3v) is 6.37. The number of rotatable bonds is 8. The molecule has 10 heteroatoms.